The van der Waals surface area contributed by atoms with Crippen molar-refractivity contribution in [1.29, 1.82) is 0 Å². The standard InChI is InChI=1S/C23H20FN5O/c1-5-6-14-7-13(2)21(18(24)8-14)16-9-17-20(10-19(16)25-3)28-29-22(17)15-11-26-23(30-4)27-12-15/h7-12H,5-6H2,1-2,4H3,(H,28,29). The number of benzene rings is 2. The van der Waals surface area contributed by atoms with Crippen LogP contribution in [-0.2, 0) is 6.42 Å². The van der Waals surface area contributed by atoms with E-state index in [1.165, 1.54) is 7.11 Å². The second-order valence-electron chi connectivity index (χ2n) is 7.08. The number of hydrogen-bond donors (Lipinski definition) is 1. The molecule has 0 amide bonds. The van der Waals surface area contributed by atoms with Gasteiger partial charge in [-0.05, 0) is 42.2 Å². The van der Waals surface area contributed by atoms with E-state index in [-0.39, 0.29) is 11.8 Å². The first-order chi connectivity index (χ1) is 14.5. The molecule has 2 aromatic carbocycles. The molecule has 150 valence electrons. The van der Waals surface area contributed by atoms with Gasteiger partial charge in [0.25, 0.3) is 0 Å². The lowest BCUT2D eigenvalue weighted by molar-refractivity contribution is 0.380. The molecule has 0 aliphatic heterocycles. The number of rotatable bonds is 5. The van der Waals surface area contributed by atoms with Crippen LogP contribution < -0.4 is 4.74 Å². The van der Waals surface area contributed by atoms with Gasteiger partial charge < -0.3 is 4.74 Å². The summed E-state index contributed by atoms with van der Waals surface area (Å²) >= 11 is 0. The SMILES string of the molecule is [C-]#[N+]c1cc2[nH]nc(-c3cnc(OC)nc3)c2cc1-c1c(C)cc(CCC)cc1F. The van der Waals surface area contributed by atoms with Gasteiger partial charge in [-0.1, -0.05) is 25.5 Å². The van der Waals surface area contributed by atoms with Crippen molar-refractivity contribution in [1.82, 2.24) is 20.2 Å². The van der Waals surface area contributed by atoms with Gasteiger partial charge in [-0.25, -0.2) is 19.2 Å². The molecular weight excluding hydrogens is 381 g/mol. The van der Waals surface area contributed by atoms with Gasteiger partial charge >= 0.3 is 6.01 Å². The van der Waals surface area contributed by atoms with Gasteiger partial charge in [-0.3, -0.25) is 5.10 Å². The second kappa shape index (κ2) is 7.91. The Balaban J connectivity index is 1.91. The molecule has 2 aromatic heterocycles. The molecule has 0 atom stereocenters. The van der Waals surface area contributed by atoms with Gasteiger partial charge in [0, 0.05) is 28.9 Å². The van der Waals surface area contributed by atoms with Gasteiger partial charge in [0.15, 0.2) is 5.69 Å². The molecular formula is C23H20FN5O. The maximum absolute atomic E-state index is 15.1. The fourth-order valence-electron chi connectivity index (χ4n) is 3.70. The Morgan fingerprint density at radius 2 is 1.93 bits per heavy atom. The van der Waals surface area contributed by atoms with Crippen LogP contribution in [0.4, 0.5) is 10.1 Å². The van der Waals surface area contributed by atoms with E-state index >= 15 is 4.39 Å². The number of halogens is 1. The zero-order valence-corrected chi connectivity index (χ0v) is 17.0. The Morgan fingerprint density at radius 3 is 2.57 bits per heavy atom. The van der Waals surface area contributed by atoms with E-state index in [0.717, 1.165) is 29.4 Å². The zero-order valence-electron chi connectivity index (χ0n) is 17.0. The van der Waals surface area contributed by atoms with E-state index in [0.29, 0.717) is 33.6 Å². The first-order valence-corrected chi connectivity index (χ1v) is 9.61. The van der Waals surface area contributed by atoms with Crippen LogP contribution in [0, 0.1) is 19.3 Å². The van der Waals surface area contributed by atoms with Crippen molar-refractivity contribution in [3.63, 3.8) is 0 Å². The Bertz CT molecular complexity index is 1250. The minimum atomic E-state index is -0.319. The van der Waals surface area contributed by atoms with Crippen LogP contribution in [0.5, 0.6) is 6.01 Å². The number of methoxy groups -OCH3 is 1. The summed E-state index contributed by atoms with van der Waals surface area (Å²) in [6, 6.07) is 7.35. The van der Waals surface area contributed by atoms with E-state index in [1.54, 1.807) is 24.5 Å². The third-order valence-corrected chi connectivity index (χ3v) is 5.04. The van der Waals surface area contributed by atoms with Crippen LogP contribution >= 0.6 is 0 Å². The molecule has 4 rings (SSSR count). The normalized spacial score (nSPS) is 10.9. The minimum Gasteiger partial charge on any atom is -0.467 e. The summed E-state index contributed by atoms with van der Waals surface area (Å²) in [6.07, 6.45) is 5.00. The molecule has 6 nitrogen and oxygen atoms in total. The molecule has 1 N–H and O–H groups in total. The Hall–Kier alpha value is -3.79. The van der Waals surface area contributed by atoms with E-state index in [1.807, 2.05) is 19.1 Å². The Kier molecular flexibility index (Phi) is 5.15. The average molecular weight is 401 g/mol. The lowest BCUT2D eigenvalue weighted by atomic mass is 9.93. The van der Waals surface area contributed by atoms with Crippen LogP contribution in [0.15, 0.2) is 36.7 Å². The van der Waals surface area contributed by atoms with Gasteiger partial charge in [0.05, 0.1) is 19.2 Å². The number of H-pyrrole nitrogens is 1. The predicted octanol–water partition coefficient (Wildman–Crippen LogP) is 5.65. The van der Waals surface area contributed by atoms with Gasteiger partial charge in [-0.2, -0.15) is 5.10 Å². The minimum absolute atomic E-state index is 0.263. The van der Waals surface area contributed by atoms with Crippen molar-refractivity contribution >= 4 is 16.6 Å². The largest absolute Gasteiger partial charge is 0.467 e. The summed E-state index contributed by atoms with van der Waals surface area (Å²) in [7, 11) is 1.50. The summed E-state index contributed by atoms with van der Waals surface area (Å²) in [5.41, 5.74) is 5.14. The fraction of sp³-hybridized carbons (Fsp3) is 0.217. The van der Waals surface area contributed by atoms with Crippen molar-refractivity contribution in [2.75, 3.05) is 7.11 Å². The predicted molar refractivity (Wildman–Crippen MR) is 114 cm³/mol. The van der Waals surface area contributed by atoms with Crippen LogP contribution in [0.1, 0.15) is 24.5 Å². The third kappa shape index (κ3) is 3.37. The summed E-state index contributed by atoms with van der Waals surface area (Å²) in [4.78, 5) is 11.9. The first-order valence-electron chi connectivity index (χ1n) is 9.61. The number of aryl methyl sites for hydroxylation is 2. The number of aromatic nitrogens is 4. The fourth-order valence-corrected chi connectivity index (χ4v) is 3.70. The average Bonchev–Trinajstić information content (AvgIpc) is 3.16. The van der Waals surface area contributed by atoms with Gasteiger partial charge in [-0.15, -0.1) is 0 Å². The summed E-state index contributed by atoms with van der Waals surface area (Å²) in [5.74, 6) is -0.319. The number of fused-ring (bicyclic) bond motifs is 1. The number of aromatic amines is 1. The lowest BCUT2D eigenvalue weighted by Gasteiger charge is -2.13. The highest BCUT2D eigenvalue weighted by Gasteiger charge is 2.18. The van der Waals surface area contributed by atoms with Crippen molar-refractivity contribution in [2.24, 2.45) is 0 Å². The smallest absolute Gasteiger partial charge is 0.316 e. The molecule has 30 heavy (non-hydrogen) atoms. The maximum Gasteiger partial charge on any atom is 0.316 e. The Labute approximate surface area is 173 Å². The highest BCUT2D eigenvalue weighted by Crippen LogP contribution is 2.40. The molecule has 2 heterocycles. The Morgan fingerprint density at radius 1 is 1.17 bits per heavy atom. The number of hydrogen-bond acceptors (Lipinski definition) is 4. The summed E-state index contributed by atoms with van der Waals surface area (Å²) < 4.78 is 20.1. The molecule has 0 bridgehead atoms. The van der Waals surface area contributed by atoms with Crippen molar-refractivity contribution in [2.45, 2.75) is 26.7 Å². The molecule has 0 fully saturated rings. The number of nitrogens with one attached hydrogen (secondary N) is 1. The lowest BCUT2D eigenvalue weighted by Crippen LogP contribution is -1.94. The molecule has 0 aliphatic carbocycles. The highest BCUT2D eigenvalue weighted by atomic mass is 19.1. The van der Waals surface area contributed by atoms with E-state index in [9.17, 15) is 0 Å². The van der Waals surface area contributed by atoms with Gasteiger partial charge in [0.2, 0.25) is 0 Å². The molecule has 0 saturated carbocycles. The topological polar surface area (TPSA) is 68.0 Å². The van der Waals surface area contributed by atoms with E-state index in [4.69, 9.17) is 11.3 Å². The van der Waals surface area contributed by atoms with Crippen molar-refractivity contribution in [3.8, 4) is 28.4 Å². The second-order valence-corrected chi connectivity index (χ2v) is 7.08. The van der Waals surface area contributed by atoms with Crippen LogP contribution in [0.25, 0.3) is 38.1 Å². The number of ether oxygens (including phenoxy) is 1. The molecule has 0 radical (unpaired) electrons. The van der Waals surface area contributed by atoms with Crippen LogP contribution in [-0.4, -0.2) is 27.3 Å². The molecule has 0 unspecified atom stereocenters. The molecule has 0 spiro atoms. The third-order valence-electron chi connectivity index (χ3n) is 5.04. The van der Waals surface area contributed by atoms with Crippen molar-refractivity contribution < 1.29 is 9.13 Å². The van der Waals surface area contributed by atoms with E-state index < -0.39 is 0 Å². The first kappa shape index (κ1) is 19.5. The summed E-state index contributed by atoms with van der Waals surface area (Å²) in [6.45, 7) is 11.6. The molecule has 4 aromatic rings. The number of nitrogens with zero attached hydrogens (tertiary/aromatic N) is 4. The molecule has 0 aliphatic rings. The zero-order chi connectivity index (χ0) is 21.3. The monoisotopic (exact) mass is 401 g/mol. The van der Waals surface area contributed by atoms with Crippen LogP contribution in [0.3, 0.4) is 0 Å². The maximum atomic E-state index is 15.1. The molecule has 0 saturated heterocycles. The quantitative estimate of drug-likeness (QED) is 0.439. The molecule has 7 heteroatoms. The van der Waals surface area contributed by atoms with E-state index in [2.05, 4.69) is 31.9 Å². The van der Waals surface area contributed by atoms with Gasteiger partial charge in [0.1, 0.15) is 11.5 Å². The van der Waals surface area contributed by atoms with Crippen LogP contribution in [0.2, 0.25) is 0 Å². The van der Waals surface area contributed by atoms with Crippen molar-refractivity contribution in [3.05, 3.63) is 65.0 Å². The summed E-state index contributed by atoms with van der Waals surface area (Å²) in [5, 5.41) is 8.09. The highest BCUT2D eigenvalue weighted by molar-refractivity contribution is 6.00.